The van der Waals surface area contributed by atoms with E-state index < -0.39 is 0 Å². The molecule has 0 aromatic heterocycles. The SMILES string of the molecule is COc1ccc(C2CC(=O)CC(c3ccccc3)N2)cc1. The fraction of sp³-hybridized carbons (Fsp3) is 0.278. The number of nitrogens with one attached hydrogen (secondary N) is 1. The van der Waals surface area contributed by atoms with Gasteiger partial charge in [0, 0.05) is 24.9 Å². The van der Waals surface area contributed by atoms with Crippen LogP contribution >= 0.6 is 0 Å². The van der Waals surface area contributed by atoms with E-state index in [9.17, 15) is 4.79 Å². The van der Waals surface area contributed by atoms with E-state index in [1.807, 2.05) is 42.5 Å². The molecule has 21 heavy (non-hydrogen) atoms. The van der Waals surface area contributed by atoms with Crippen molar-refractivity contribution in [3.8, 4) is 5.75 Å². The van der Waals surface area contributed by atoms with Gasteiger partial charge >= 0.3 is 0 Å². The number of hydrogen-bond acceptors (Lipinski definition) is 3. The molecule has 3 heteroatoms. The maximum Gasteiger partial charge on any atom is 0.136 e. The van der Waals surface area contributed by atoms with Gasteiger partial charge in [0.05, 0.1) is 7.11 Å². The average Bonchev–Trinajstić information content (AvgIpc) is 2.55. The lowest BCUT2D eigenvalue weighted by molar-refractivity contribution is -0.121. The number of benzene rings is 2. The molecule has 2 unspecified atom stereocenters. The molecular formula is C18H19NO2. The van der Waals surface area contributed by atoms with E-state index in [4.69, 9.17) is 4.74 Å². The molecule has 1 N–H and O–H groups in total. The lowest BCUT2D eigenvalue weighted by Gasteiger charge is -2.31. The Kier molecular flexibility index (Phi) is 4.02. The largest absolute Gasteiger partial charge is 0.497 e. The highest BCUT2D eigenvalue weighted by molar-refractivity contribution is 5.81. The quantitative estimate of drug-likeness (QED) is 0.936. The molecule has 3 nitrogen and oxygen atoms in total. The molecule has 1 aliphatic heterocycles. The monoisotopic (exact) mass is 281 g/mol. The molecule has 3 rings (SSSR count). The van der Waals surface area contributed by atoms with Crippen LogP contribution < -0.4 is 10.1 Å². The highest BCUT2D eigenvalue weighted by atomic mass is 16.5. The van der Waals surface area contributed by atoms with Crippen LogP contribution in [0.5, 0.6) is 5.75 Å². The summed E-state index contributed by atoms with van der Waals surface area (Å²) in [5, 5.41) is 3.59. The first-order chi connectivity index (χ1) is 10.3. The van der Waals surface area contributed by atoms with Crippen LogP contribution in [-0.4, -0.2) is 12.9 Å². The molecule has 0 amide bonds. The van der Waals surface area contributed by atoms with Gasteiger partial charge in [-0.1, -0.05) is 42.5 Å². The maximum absolute atomic E-state index is 12.1. The van der Waals surface area contributed by atoms with E-state index >= 15 is 0 Å². The van der Waals surface area contributed by atoms with Gasteiger partial charge in [0.2, 0.25) is 0 Å². The number of hydrogen-bond donors (Lipinski definition) is 1. The second-order valence-electron chi connectivity index (χ2n) is 5.40. The van der Waals surface area contributed by atoms with Crippen LogP contribution in [0.1, 0.15) is 36.1 Å². The summed E-state index contributed by atoms with van der Waals surface area (Å²) in [6.45, 7) is 0. The third-order valence-corrected chi connectivity index (χ3v) is 3.99. The number of piperidine rings is 1. The lowest BCUT2D eigenvalue weighted by atomic mass is 9.89. The highest BCUT2D eigenvalue weighted by Gasteiger charge is 2.28. The molecule has 2 atom stereocenters. The molecule has 0 radical (unpaired) electrons. The summed E-state index contributed by atoms with van der Waals surface area (Å²) in [6, 6.07) is 18.3. The Labute approximate surface area is 124 Å². The highest BCUT2D eigenvalue weighted by Crippen LogP contribution is 2.31. The van der Waals surface area contributed by atoms with Gasteiger partial charge in [-0.3, -0.25) is 4.79 Å². The van der Waals surface area contributed by atoms with E-state index in [1.54, 1.807) is 7.11 Å². The number of carbonyl (C=O) groups excluding carboxylic acids is 1. The van der Waals surface area contributed by atoms with Gasteiger partial charge < -0.3 is 10.1 Å². The maximum atomic E-state index is 12.1. The predicted octanol–water partition coefficient (Wildman–Crippen LogP) is 3.43. The number of carbonyl (C=O) groups is 1. The van der Waals surface area contributed by atoms with E-state index in [-0.39, 0.29) is 12.1 Å². The fourth-order valence-electron chi connectivity index (χ4n) is 2.85. The van der Waals surface area contributed by atoms with Gasteiger partial charge in [0.25, 0.3) is 0 Å². The Morgan fingerprint density at radius 1 is 0.905 bits per heavy atom. The summed E-state index contributed by atoms with van der Waals surface area (Å²) in [5.74, 6) is 1.14. The Bertz CT molecular complexity index is 607. The first-order valence-electron chi connectivity index (χ1n) is 7.23. The molecule has 108 valence electrons. The molecular weight excluding hydrogens is 262 g/mol. The van der Waals surface area contributed by atoms with Crippen molar-refractivity contribution in [1.82, 2.24) is 5.32 Å². The molecule has 0 saturated carbocycles. The minimum atomic E-state index is 0.0716. The standard InChI is InChI=1S/C18H19NO2/c1-21-16-9-7-14(8-10-16)18-12-15(20)11-17(19-18)13-5-3-2-4-6-13/h2-10,17-19H,11-12H2,1H3. The van der Waals surface area contributed by atoms with Gasteiger partial charge in [-0.2, -0.15) is 0 Å². The van der Waals surface area contributed by atoms with E-state index in [0.29, 0.717) is 18.6 Å². The Morgan fingerprint density at radius 3 is 2.05 bits per heavy atom. The first-order valence-corrected chi connectivity index (χ1v) is 7.23. The normalized spacial score (nSPS) is 22.0. The molecule has 0 bridgehead atoms. The van der Waals surface area contributed by atoms with Crippen molar-refractivity contribution in [3.05, 3.63) is 65.7 Å². The molecule has 1 fully saturated rings. The van der Waals surface area contributed by atoms with Gasteiger partial charge in [0.15, 0.2) is 0 Å². The van der Waals surface area contributed by atoms with Crippen LogP contribution in [0.25, 0.3) is 0 Å². The summed E-state index contributed by atoms with van der Waals surface area (Å²) in [6.07, 6.45) is 1.12. The van der Waals surface area contributed by atoms with Crippen molar-refractivity contribution in [2.45, 2.75) is 24.9 Å². The summed E-state index contributed by atoms with van der Waals surface area (Å²) in [5.41, 5.74) is 2.30. The Morgan fingerprint density at radius 2 is 1.48 bits per heavy atom. The van der Waals surface area contributed by atoms with Crippen molar-refractivity contribution in [1.29, 1.82) is 0 Å². The number of ketones is 1. The third kappa shape index (κ3) is 3.14. The lowest BCUT2D eigenvalue weighted by Crippen LogP contribution is -2.35. The van der Waals surface area contributed by atoms with Gasteiger partial charge in [-0.15, -0.1) is 0 Å². The molecule has 1 saturated heterocycles. The van der Waals surface area contributed by atoms with Crippen LogP contribution in [0.3, 0.4) is 0 Å². The van der Waals surface area contributed by atoms with Crippen LogP contribution in [0.4, 0.5) is 0 Å². The van der Waals surface area contributed by atoms with Crippen molar-refractivity contribution in [3.63, 3.8) is 0 Å². The minimum absolute atomic E-state index is 0.0716. The summed E-state index contributed by atoms with van der Waals surface area (Å²) in [4.78, 5) is 12.1. The zero-order valence-corrected chi connectivity index (χ0v) is 12.1. The third-order valence-electron chi connectivity index (χ3n) is 3.99. The van der Waals surface area contributed by atoms with Crippen LogP contribution in [0.2, 0.25) is 0 Å². The minimum Gasteiger partial charge on any atom is -0.497 e. The number of Topliss-reactive ketones (excluding diaryl/α,β-unsaturated/α-hetero) is 1. The molecule has 1 aliphatic rings. The number of rotatable bonds is 3. The van der Waals surface area contributed by atoms with E-state index in [1.165, 1.54) is 5.56 Å². The van der Waals surface area contributed by atoms with Crippen molar-refractivity contribution < 1.29 is 9.53 Å². The molecule has 2 aromatic carbocycles. The fourth-order valence-corrected chi connectivity index (χ4v) is 2.85. The van der Waals surface area contributed by atoms with Crippen LogP contribution in [0.15, 0.2) is 54.6 Å². The van der Waals surface area contributed by atoms with E-state index in [0.717, 1.165) is 11.3 Å². The predicted molar refractivity (Wildman–Crippen MR) is 82.3 cm³/mol. The molecule has 1 heterocycles. The Balaban J connectivity index is 1.81. The zero-order valence-electron chi connectivity index (χ0n) is 12.1. The van der Waals surface area contributed by atoms with Crippen molar-refractivity contribution in [2.24, 2.45) is 0 Å². The zero-order chi connectivity index (χ0) is 14.7. The molecule has 0 spiro atoms. The van der Waals surface area contributed by atoms with Gasteiger partial charge in [-0.25, -0.2) is 0 Å². The van der Waals surface area contributed by atoms with Gasteiger partial charge in [-0.05, 0) is 23.3 Å². The van der Waals surface area contributed by atoms with Crippen molar-refractivity contribution >= 4 is 5.78 Å². The summed E-state index contributed by atoms with van der Waals surface area (Å²) < 4.78 is 5.18. The van der Waals surface area contributed by atoms with Crippen molar-refractivity contribution in [2.75, 3.05) is 7.11 Å². The summed E-state index contributed by atoms with van der Waals surface area (Å²) in [7, 11) is 1.66. The van der Waals surface area contributed by atoms with Crippen LogP contribution in [-0.2, 0) is 4.79 Å². The topological polar surface area (TPSA) is 38.3 Å². The van der Waals surface area contributed by atoms with Gasteiger partial charge in [0.1, 0.15) is 11.5 Å². The smallest absolute Gasteiger partial charge is 0.136 e. The first kappa shape index (κ1) is 13.8. The second-order valence-corrected chi connectivity index (χ2v) is 5.40. The molecule has 0 aliphatic carbocycles. The number of methoxy groups -OCH3 is 1. The summed E-state index contributed by atoms with van der Waals surface area (Å²) >= 11 is 0. The van der Waals surface area contributed by atoms with E-state index in [2.05, 4.69) is 17.4 Å². The second kappa shape index (κ2) is 6.10. The number of ether oxygens (including phenoxy) is 1. The van der Waals surface area contributed by atoms with Crippen LogP contribution in [0, 0.1) is 0 Å². The molecule has 2 aromatic rings. The Hall–Kier alpha value is -2.13. The average molecular weight is 281 g/mol.